The van der Waals surface area contributed by atoms with Crippen molar-refractivity contribution in [1.82, 2.24) is 30.7 Å². The van der Waals surface area contributed by atoms with Crippen LogP contribution in [-0.4, -0.2) is 61.1 Å². The first kappa shape index (κ1) is 31.5. The molecule has 2 aromatic heterocycles. The number of nitrogens with one attached hydrogen (secondary N) is 2. The molecule has 230 valence electrons. The lowest BCUT2D eigenvalue weighted by atomic mass is 10.1. The molecule has 2 aromatic carbocycles. The SMILES string of the molecule is CN(Cc1cnc2nc(N)nc(N)c2n1)c1ccc(C(=O)NC(CCC(=O)O)C(=O)OCc2ccc(C(O)NN)cc2)cc1. The number of nitrogens with two attached hydrogens (primary N) is 3. The number of fused-ring (bicyclic) bond motifs is 1. The Hall–Kier alpha value is -5.45. The Balaban J connectivity index is 1.38. The summed E-state index contributed by atoms with van der Waals surface area (Å²) in [6, 6.07) is 11.9. The van der Waals surface area contributed by atoms with Gasteiger partial charge in [-0.15, -0.1) is 0 Å². The summed E-state index contributed by atoms with van der Waals surface area (Å²) in [4.78, 5) is 55.5. The number of hydrogen-bond donors (Lipinski definition) is 7. The van der Waals surface area contributed by atoms with E-state index in [1.54, 1.807) is 54.7 Å². The average Bonchev–Trinajstić information content (AvgIpc) is 3.01. The molecule has 0 aliphatic heterocycles. The molecule has 0 saturated heterocycles. The smallest absolute Gasteiger partial charge is 0.328 e. The Morgan fingerprint density at radius 2 is 1.73 bits per heavy atom. The number of carboxylic acid groups (broad SMARTS) is 1. The van der Waals surface area contributed by atoms with Gasteiger partial charge >= 0.3 is 11.9 Å². The molecule has 0 aliphatic rings. The van der Waals surface area contributed by atoms with Crippen LogP contribution in [0, 0.1) is 0 Å². The molecular weight excluding hydrogens is 572 g/mol. The van der Waals surface area contributed by atoms with Gasteiger partial charge in [0, 0.05) is 24.7 Å². The van der Waals surface area contributed by atoms with E-state index >= 15 is 0 Å². The molecule has 0 fully saturated rings. The molecule has 0 saturated carbocycles. The maximum Gasteiger partial charge on any atom is 0.328 e. The molecule has 44 heavy (non-hydrogen) atoms. The Labute approximate surface area is 251 Å². The number of aliphatic carboxylic acids is 1. The number of rotatable bonds is 13. The fourth-order valence-corrected chi connectivity index (χ4v) is 4.17. The van der Waals surface area contributed by atoms with Crippen molar-refractivity contribution in [2.24, 2.45) is 5.84 Å². The number of carbonyl (C=O) groups is 3. The van der Waals surface area contributed by atoms with E-state index in [9.17, 15) is 19.5 Å². The maximum atomic E-state index is 13.0. The number of benzene rings is 2. The number of hydrogen-bond acceptors (Lipinski definition) is 14. The van der Waals surface area contributed by atoms with Gasteiger partial charge in [-0.05, 0) is 41.8 Å². The van der Waals surface area contributed by atoms with Crippen LogP contribution in [0.1, 0.15) is 46.2 Å². The number of aliphatic hydroxyl groups excluding tert-OH is 1. The molecule has 2 heterocycles. The molecule has 10 N–H and O–H groups in total. The summed E-state index contributed by atoms with van der Waals surface area (Å²) in [5.41, 5.74) is 17.1. The van der Waals surface area contributed by atoms with Crippen LogP contribution in [-0.2, 0) is 27.5 Å². The second kappa shape index (κ2) is 14.1. The first-order valence-corrected chi connectivity index (χ1v) is 13.3. The van der Waals surface area contributed by atoms with Crippen LogP contribution in [0.3, 0.4) is 0 Å². The predicted octanol–water partition coefficient (Wildman–Crippen LogP) is 0.381. The van der Waals surface area contributed by atoms with Crippen molar-refractivity contribution in [1.29, 1.82) is 0 Å². The van der Waals surface area contributed by atoms with Crippen LogP contribution in [0.5, 0.6) is 0 Å². The normalized spacial score (nSPS) is 12.3. The Morgan fingerprint density at radius 1 is 1.02 bits per heavy atom. The summed E-state index contributed by atoms with van der Waals surface area (Å²) in [5.74, 6) is 2.87. The largest absolute Gasteiger partial charge is 0.481 e. The highest BCUT2D eigenvalue weighted by atomic mass is 16.5. The standard InChI is InChI=1S/C28H32N10O6/c1-38(13-18-12-32-24-22(33-18)23(29)35-28(30)36-24)19-8-6-16(7-9-19)25(41)34-20(10-11-21(39)40)27(43)44-14-15-2-4-17(5-3-15)26(42)37-31/h2-9,12,20,26,37,42H,10-11,13-14,31H2,1H3,(H,34,41)(H,39,40)(H4,29,30,32,35,36). The van der Waals surface area contributed by atoms with E-state index in [0.717, 1.165) is 5.69 Å². The van der Waals surface area contributed by atoms with Gasteiger partial charge in [0.25, 0.3) is 5.91 Å². The number of amides is 1. The summed E-state index contributed by atoms with van der Waals surface area (Å²) in [7, 11) is 1.83. The number of hydrazine groups is 1. The topological polar surface area (TPSA) is 258 Å². The minimum Gasteiger partial charge on any atom is -0.481 e. The number of anilines is 3. The molecule has 0 bridgehead atoms. The van der Waals surface area contributed by atoms with Gasteiger partial charge in [0.2, 0.25) is 5.95 Å². The zero-order valence-corrected chi connectivity index (χ0v) is 23.7. The van der Waals surface area contributed by atoms with Crippen LogP contribution in [0.25, 0.3) is 11.2 Å². The first-order chi connectivity index (χ1) is 21.0. The highest BCUT2D eigenvalue weighted by Crippen LogP contribution is 2.19. The lowest BCUT2D eigenvalue weighted by Gasteiger charge is -2.20. The fraction of sp³-hybridized carbons (Fsp3) is 0.250. The molecule has 0 radical (unpaired) electrons. The number of nitrogens with zero attached hydrogens (tertiary/aromatic N) is 5. The van der Waals surface area contributed by atoms with E-state index in [-0.39, 0.29) is 42.4 Å². The Morgan fingerprint density at radius 3 is 2.39 bits per heavy atom. The van der Waals surface area contributed by atoms with Gasteiger partial charge in [-0.2, -0.15) is 9.97 Å². The monoisotopic (exact) mass is 604 g/mol. The van der Waals surface area contributed by atoms with Crippen molar-refractivity contribution in [3.63, 3.8) is 0 Å². The average molecular weight is 605 g/mol. The number of ether oxygens (including phenoxy) is 1. The molecule has 16 nitrogen and oxygen atoms in total. The molecule has 4 rings (SSSR count). The van der Waals surface area contributed by atoms with Gasteiger partial charge in [-0.25, -0.2) is 20.2 Å². The maximum absolute atomic E-state index is 13.0. The van der Waals surface area contributed by atoms with Crippen LogP contribution in [0.2, 0.25) is 0 Å². The number of esters is 1. The van der Waals surface area contributed by atoms with E-state index in [0.29, 0.717) is 28.9 Å². The van der Waals surface area contributed by atoms with E-state index in [1.807, 2.05) is 11.9 Å². The molecule has 4 aromatic rings. The number of nitrogen functional groups attached to an aromatic ring is 2. The second-order valence-electron chi connectivity index (χ2n) is 9.78. The highest BCUT2D eigenvalue weighted by molar-refractivity contribution is 5.97. The molecular formula is C28H32N10O6. The number of carbonyl (C=O) groups excluding carboxylic acids is 2. The summed E-state index contributed by atoms with van der Waals surface area (Å²) in [6.45, 7) is 0.232. The lowest BCUT2D eigenvalue weighted by Crippen LogP contribution is -2.42. The van der Waals surface area contributed by atoms with Gasteiger partial charge in [0.1, 0.15) is 18.9 Å². The quantitative estimate of drug-likeness (QED) is 0.0471. The molecule has 0 spiro atoms. The van der Waals surface area contributed by atoms with E-state index in [1.165, 1.54) is 0 Å². The second-order valence-corrected chi connectivity index (χ2v) is 9.78. The van der Waals surface area contributed by atoms with Crippen molar-refractivity contribution < 1.29 is 29.3 Å². The highest BCUT2D eigenvalue weighted by Gasteiger charge is 2.24. The van der Waals surface area contributed by atoms with Crippen molar-refractivity contribution in [3.8, 4) is 0 Å². The zero-order valence-electron chi connectivity index (χ0n) is 23.7. The lowest BCUT2D eigenvalue weighted by molar-refractivity contribution is -0.147. The van der Waals surface area contributed by atoms with Gasteiger partial charge < -0.3 is 36.6 Å². The third kappa shape index (κ3) is 8.09. The van der Waals surface area contributed by atoms with Crippen LogP contribution < -0.4 is 33.0 Å². The molecule has 2 unspecified atom stereocenters. The minimum absolute atomic E-state index is 0.00767. The number of carboxylic acids is 1. The predicted molar refractivity (Wildman–Crippen MR) is 159 cm³/mol. The molecule has 0 aliphatic carbocycles. The molecule has 2 atom stereocenters. The molecule has 1 amide bonds. The van der Waals surface area contributed by atoms with Crippen LogP contribution in [0.4, 0.5) is 17.5 Å². The summed E-state index contributed by atoms with van der Waals surface area (Å²) >= 11 is 0. The van der Waals surface area contributed by atoms with E-state index in [4.69, 9.17) is 27.2 Å². The summed E-state index contributed by atoms with van der Waals surface area (Å²) in [6.07, 6.45) is -0.0118. The summed E-state index contributed by atoms with van der Waals surface area (Å²) in [5, 5.41) is 21.4. The fourth-order valence-electron chi connectivity index (χ4n) is 4.17. The van der Waals surface area contributed by atoms with Gasteiger partial charge in [-0.1, -0.05) is 24.3 Å². The van der Waals surface area contributed by atoms with Crippen molar-refractivity contribution in [3.05, 3.63) is 77.1 Å². The minimum atomic E-state index is -1.19. The Kier molecular flexibility index (Phi) is 10.1. The Bertz CT molecular complexity index is 1640. The third-order valence-corrected chi connectivity index (χ3v) is 6.54. The summed E-state index contributed by atoms with van der Waals surface area (Å²) < 4.78 is 5.34. The van der Waals surface area contributed by atoms with E-state index in [2.05, 4.69) is 30.7 Å². The zero-order chi connectivity index (χ0) is 31.8. The van der Waals surface area contributed by atoms with E-state index < -0.39 is 30.1 Å². The van der Waals surface area contributed by atoms with Crippen molar-refractivity contribution in [2.45, 2.75) is 38.3 Å². The van der Waals surface area contributed by atoms with Crippen molar-refractivity contribution in [2.75, 3.05) is 23.4 Å². The third-order valence-electron chi connectivity index (χ3n) is 6.54. The van der Waals surface area contributed by atoms with Crippen molar-refractivity contribution >= 4 is 46.5 Å². The number of aromatic nitrogens is 4. The number of aliphatic hydroxyl groups is 1. The molecule has 16 heteroatoms. The van der Waals surface area contributed by atoms with Gasteiger partial charge in [0.15, 0.2) is 17.0 Å². The van der Waals surface area contributed by atoms with Crippen LogP contribution >= 0.6 is 0 Å². The van der Waals surface area contributed by atoms with Gasteiger partial charge in [0.05, 0.1) is 18.4 Å². The first-order valence-electron chi connectivity index (χ1n) is 13.3. The van der Waals surface area contributed by atoms with Crippen LogP contribution in [0.15, 0.2) is 54.7 Å². The van der Waals surface area contributed by atoms with Gasteiger partial charge in [-0.3, -0.25) is 15.4 Å².